The third kappa shape index (κ3) is 4.90. The fraction of sp³-hybridized carbons (Fsp3) is 0.529. The molecule has 3 aliphatic rings. The van der Waals surface area contributed by atoms with Crippen LogP contribution in [0.3, 0.4) is 0 Å². The number of benzene rings is 2. The molecule has 5 rings (SSSR count). The molecule has 0 saturated heterocycles. The Hall–Kier alpha value is -3.08. The summed E-state index contributed by atoms with van der Waals surface area (Å²) in [4.78, 5) is 25.4. The molecule has 5 nitrogen and oxygen atoms in total. The van der Waals surface area contributed by atoms with Crippen LogP contribution in [0.25, 0.3) is 6.08 Å². The van der Waals surface area contributed by atoms with Gasteiger partial charge in [-0.1, -0.05) is 61.7 Å². The van der Waals surface area contributed by atoms with Crippen molar-refractivity contribution in [2.45, 2.75) is 77.0 Å². The van der Waals surface area contributed by atoms with E-state index in [-0.39, 0.29) is 41.5 Å². The maximum Gasteiger partial charge on any atom is 0.313 e. The lowest BCUT2D eigenvalue weighted by atomic mass is 9.68. The summed E-state index contributed by atoms with van der Waals surface area (Å²) in [5, 5.41) is 0. The average molecular weight is 531 g/mol. The van der Waals surface area contributed by atoms with E-state index in [0.29, 0.717) is 5.92 Å². The summed E-state index contributed by atoms with van der Waals surface area (Å²) >= 11 is 0. The van der Waals surface area contributed by atoms with Gasteiger partial charge in [0.05, 0.1) is 33.2 Å². The molecule has 3 aliphatic carbocycles. The maximum absolute atomic E-state index is 12.8. The lowest BCUT2D eigenvalue weighted by Gasteiger charge is -2.36. The first kappa shape index (κ1) is 27.5. The minimum absolute atomic E-state index is 0.0509. The van der Waals surface area contributed by atoms with Crippen molar-refractivity contribution in [3.8, 4) is 5.75 Å². The summed E-state index contributed by atoms with van der Waals surface area (Å²) in [6.07, 6.45) is 8.19. The number of hydrogen-bond donors (Lipinski definition) is 0. The van der Waals surface area contributed by atoms with Gasteiger partial charge in [0.15, 0.2) is 0 Å². The first-order valence-corrected chi connectivity index (χ1v) is 14.5. The number of hydrogen-bond acceptors (Lipinski definition) is 5. The number of allylic oxidation sites excluding steroid dienone is 1. The predicted molar refractivity (Wildman–Crippen MR) is 153 cm³/mol. The van der Waals surface area contributed by atoms with Crippen molar-refractivity contribution in [3.63, 3.8) is 0 Å². The lowest BCUT2D eigenvalue weighted by Crippen LogP contribution is -2.29. The zero-order valence-corrected chi connectivity index (χ0v) is 24.2. The van der Waals surface area contributed by atoms with Crippen LogP contribution >= 0.6 is 0 Å². The molecule has 208 valence electrons. The fourth-order valence-corrected chi connectivity index (χ4v) is 7.68. The zero-order chi connectivity index (χ0) is 27.8. The largest absolute Gasteiger partial charge is 0.496 e. The number of aryl methyl sites for hydroxylation is 1. The van der Waals surface area contributed by atoms with Crippen LogP contribution in [0.2, 0.25) is 0 Å². The van der Waals surface area contributed by atoms with Crippen LogP contribution in [0, 0.1) is 24.7 Å². The third-order valence-electron chi connectivity index (χ3n) is 9.71. The average Bonchev–Trinajstić information content (AvgIpc) is 3.35. The van der Waals surface area contributed by atoms with Gasteiger partial charge in [-0.15, -0.1) is 0 Å². The second-order valence-electron chi connectivity index (χ2n) is 11.9. The van der Waals surface area contributed by atoms with Gasteiger partial charge in [-0.25, -0.2) is 0 Å². The van der Waals surface area contributed by atoms with E-state index >= 15 is 0 Å². The number of fused-ring (bicyclic) bond motifs is 3. The number of rotatable bonds is 6. The monoisotopic (exact) mass is 530 g/mol. The van der Waals surface area contributed by atoms with Gasteiger partial charge in [-0.05, 0) is 79.2 Å². The van der Waals surface area contributed by atoms with E-state index in [1.807, 2.05) is 0 Å². The topological polar surface area (TPSA) is 61.8 Å². The van der Waals surface area contributed by atoms with E-state index in [2.05, 4.69) is 57.2 Å². The number of carbonyl (C=O) groups excluding carboxylic acids is 2. The van der Waals surface area contributed by atoms with Crippen molar-refractivity contribution in [2.24, 2.45) is 17.8 Å². The van der Waals surface area contributed by atoms with Crippen LogP contribution in [0.1, 0.15) is 97.1 Å². The Labute approximate surface area is 232 Å². The van der Waals surface area contributed by atoms with E-state index in [9.17, 15) is 9.59 Å². The maximum atomic E-state index is 12.8. The van der Waals surface area contributed by atoms with Gasteiger partial charge in [0.2, 0.25) is 0 Å². The molecule has 5 heteroatoms. The predicted octanol–water partition coefficient (Wildman–Crippen LogP) is 7.11. The Morgan fingerprint density at radius 3 is 2.41 bits per heavy atom. The van der Waals surface area contributed by atoms with E-state index in [1.54, 1.807) is 7.11 Å². The molecule has 1 saturated carbocycles. The summed E-state index contributed by atoms with van der Waals surface area (Å²) in [6, 6.07) is 10.9. The Balaban J connectivity index is 1.63. The number of ether oxygens (including phenoxy) is 3. The van der Waals surface area contributed by atoms with Crippen molar-refractivity contribution >= 4 is 18.0 Å². The minimum atomic E-state index is -0.229. The van der Waals surface area contributed by atoms with Gasteiger partial charge in [0.1, 0.15) is 5.75 Å². The summed E-state index contributed by atoms with van der Waals surface area (Å²) in [7, 11) is 4.73. The lowest BCUT2D eigenvalue weighted by molar-refractivity contribution is -0.147. The molecule has 6 atom stereocenters. The number of carbonyl (C=O) groups is 2. The smallest absolute Gasteiger partial charge is 0.313 e. The van der Waals surface area contributed by atoms with Crippen molar-refractivity contribution in [3.05, 3.63) is 69.3 Å². The molecule has 2 aromatic carbocycles. The molecule has 0 N–H and O–H groups in total. The second-order valence-corrected chi connectivity index (χ2v) is 11.9. The molecule has 0 amide bonds. The van der Waals surface area contributed by atoms with Gasteiger partial charge < -0.3 is 14.2 Å². The Kier molecular flexibility index (Phi) is 7.89. The summed E-state index contributed by atoms with van der Waals surface area (Å²) in [6.45, 7) is 6.56. The van der Waals surface area contributed by atoms with Gasteiger partial charge >= 0.3 is 11.9 Å². The van der Waals surface area contributed by atoms with E-state index < -0.39 is 0 Å². The molecule has 2 aromatic rings. The Bertz CT molecular complexity index is 1290. The van der Waals surface area contributed by atoms with Crippen LogP contribution in [-0.4, -0.2) is 33.3 Å². The Morgan fingerprint density at radius 2 is 1.69 bits per heavy atom. The van der Waals surface area contributed by atoms with Crippen molar-refractivity contribution in [1.82, 2.24) is 0 Å². The highest BCUT2D eigenvalue weighted by molar-refractivity contribution is 5.82. The van der Waals surface area contributed by atoms with Crippen molar-refractivity contribution < 1.29 is 23.8 Å². The van der Waals surface area contributed by atoms with Gasteiger partial charge in [-0.3, -0.25) is 9.59 Å². The first-order valence-electron chi connectivity index (χ1n) is 14.5. The van der Waals surface area contributed by atoms with Crippen LogP contribution < -0.4 is 4.74 Å². The molecule has 3 unspecified atom stereocenters. The van der Waals surface area contributed by atoms with Crippen LogP contribution in [-0.2, 0) is 25.5 Å². The molecule has 0 bridgehead atoms. The summed E-state index contributed by atoms with van der Waals surface area (Å²) in [5.41, 5.74) is 8.82. The van der Waals surface area contributed by atoms with Gasteiger partial charge in [0, 0.05) is 17.4 Å². The molecule has 39 heavy (non-hydrogen) atoms. The van der Waals surface area contributed by atoms with Crippen molar-refractivity contribution in [1.29, 1.82) is 0 Å². The molecule has 0 spiro atoms. The highest BCUT2D eigenvalue weighted by Gasteiger charge is 2.42. The molecule has 0 radical (unpaired) electrons. The fourth-order valence-electron chi connectivity index (χ4n) is 7.68. The SMILES string of the molecule is COC(=O)C1c2ccc3c(c2CC[C@@H]1C)C=C(C(C)c1cc(C)ccc1OC)C3[C@@H]1CCC[C@@H](C(=O)OC)C1. The highest BCUT2D eigenvalue weighted by atomic mass is 16.5. The molecule has 0 aromatic heterocycles. The van der Waals surface area contributed by atoms with Gasteiger partial charge in [0.25, 0.3) is 0 Å². The summed E-state index contributed by atoms with van der Waals surface area (Å²) in [5.74, 6) is 1.35. The quantitative estimate of drug-likeness (QED) is 0.373. The van der Waals surface area contributed by atoms with Crippen LogP contribution in [0.15, 0.2) is 35.9 Å². The van der Waals surface area contributed by atoms with Crippen molar-refractivity contribution in [2.75, 3.05) is 21.3 Å². The van der Waals surface area contributed by atoms with Crippen LogP contribution in [0.5, 0.6) is 5.75 Å². The second kappa shape index (κ2) is 11.2. The Morgan fingerprint density at radius 1 is 0.949 bits per heavy atom. The van der Waals surface area contributed by atoms with E-state index in [4.69, 9.17) is 14.2 Å². The minimum Gasteiger partial charge on any atom is -0.496 e. The number of esters is 2. The molecular weight excluding hydrogens is 488 g/mol. The molecule has 1 fully saturated rings. The summed E-state index contributed by atoms with van der Waals surface area (Å²) < 4.78 is 16.2. The third-order valence-corrected chi connectivity index (χ3v) is 9.71. The van der Waals surface area contributed by atoms with Crippen LogP contribution in [0.4, 0.5) is 0 Å². The first-order chi connectivity index (χ1) is 18.8. The van der Waals surface area contributed by atoms with E-state index in [0.717, 1.165) is 49.8 Å². The zero-order valence-electron chi connectivity index (χ0n) is 24.2. The van der Waals surface area contributed by atoms with Gasteiger partial charge in [-0.2, -0.15) is 0 Å². The molecular formula is C34H42O5. The van der Waals surface area contributed by atoms with E-state index in [1.165, 1.54) is 47.6 Å². The molecule has 0 heterocycles. The molecule has 0 aliphatic heterocycles. The normalized spacial score (nSPS) is 26.6. The highest BCUT2D eigenvalue weighted by Crippen LogP contribution is 2.54. The number of methoxy groups -OCH3 is 3. The standard InChI is InChI=1S/C34H42O5/c1-19-10-15-30(37-4)27(16-19)21(3)28-18-29-24-12-11-20(2)31(34(36)39-6)25(24)13-14-26(29)32(28)22-8-7-9-23(17-22)33(35)38-5/h10,13-16,18,20-23,31-32H,7-9,11-12,17H2,1-6H3/t20-,21?,22+,23+,31?,32?/m0/s1.